The van der Waals surface area contributed by atoms with Gasteiger partial charge in [0.2, 0.25) is 5.17 Å². The average molecular weight is 386 g/mol. The molecular weight excluding hydrogens is 364 g/mol. The summed E-state index contributed by atoms with van der Waals surface area (Å²) in [6, 6.07) is 16.2. The fourth-order valence-corrected chi connectivity index (χ4v) is 3.96. The van der Waals surface area contributed by atoms with Crippen molar-refractivity contribution in [2.24, 2.45) is 10.7 Å². The fourth-order valence-electron chi connectivity index (χ4n) is 2.88. The molecule has 3 rings (SSSR count). The second-order valence-electron chi connectivity index (χ2n) is 6.40. The van der Waals surface area contributed by atoms with Crippen LogP contribution in [0.4, 0.5) is 0 Å². The maximum Gasteiger partial charge on any atom is 0.320 e. The first kappa shape index (κ1) is 19.2. The summed E-state index contributed by atoms with van der Waals surface area (Å²) in [5.74, 6) is -0.749. The van der Waals surface area contributed by atoms with Gasteiger partial charge >= 0.3 is 5.97 Å². The van der Waals surface area contributed by atoms with Crippen molar-refractivity contribution in [1.82, 2.24) is 10.4 Å². The summed E-state index contributed by atoms with van der Waals surface area (Å²) >= 11 is 0. The summed E-state index contributed by atoms with van der Waals surface area (Å²) in [5.41, 5.74) is 11.3. The molecule has 1 aliphatic rings. The molecule has 0 radical (unpaired) electrons. The number of aliphatic imine (C=N–C) groups is 1. The largest absolute Gasteiger partial charge is 0.480 e. The van der Waals surface area contributed by atoms with Crippen LogP contribution in [-0.4, -0.2) is 38.6 Å². The smallest absolute Gasteiger partial charge is 0.320 e. The van der Waals surface area contributed by atoms with E-state index in [9.17, 15) is 9.00 Å². The van der Waals surface area contributed by atoms with Gasteiger partial charge in [0.05, 0.1) is 16.6 Å². The van der Waals surface area contributed by atoms with E-state index < -0.39 is 22.8 Å². The third kappa shape index (κ3) is 4.79. The van der Waals surface area contributed by atoms with Crippen LogP contribution in [0.3, 0.4) is 0 Å². The van der Waals surface area contributed by atoms with Crippen LogP contribution in [0.5, 0.6) is 0 Å². The van der Waals surface area contributed by atoms with E-state index in [0.29, 0.717) is 5.17 Å². The highest BCUT2D eigenvalue weighted by atomic mass is 32.2. The third-order valence-electron chi connectivity index (χ3n) is 4.25. The maximum absolute atomic E-state index is 12.8. The summed E-state index contributed by atoms with van der Waals surface area (Å²) in [5, 5.41) is 11.2. The Bertz CT molecular complexity index is 872. The lowest BCUT2D eigenvalue weighted by Gasteiger charge is -2.17. The molecule has 3 atom stereocenters. The molecule has 2 aromatic carbocycles. The highest BCUT2D eigenvalue weighted by Gasteiger charge is 2.27. The Morgan fingerprint density at radius 1 is 1.26 bits per heavy atom. The number of nitrogens with two attached hydrogens (primary N) is 1. The maximum atomic E-state index is 12.8. The third-order valence-corrected chi connectivity index (χ3v) is 5.48. The van der Waals surface area contributed by atoms with Crippen molar-refractivity contribution in [2.45, 2.75) is 24.4 Å². The van der Waals surface area contributed by atoms with Crippen LogP contribution in [0.2, 0.25) is 0 Å². The molecule has 0 amide bonds. The first-order valence-electron chi connectivity index (χ1n) is 8.51. The Labute approximate surface area is 160 Å². The number of hydrogen-bond donors (Lipinski definition) is 3. The van der Waals surface area contributed by atoms with Gasteiger partial charge in [0.1, 0.15) is 12.2 Å². The fraction of sp³-hybridized carbons (Fsp3) is 0.263. The van der Waals surface area contributed by atoms with Gasteiger partial charge in [0.25, 0.3) is 0 Å². The Morgan fingerprint density at radius 2 is 1.96 bits per heavy atom. The van der Waals surface area contributed by atoms with E-state index in [2.05, 4.69) is 10.4 Å². The number of carboxylic acids is 1. The molecule has 27 heavy (non-hydrogen) atoms. The number of amidine groups is 1. The Hall–Kier alpha value is -2.55. The molecule has 0 saturated carbocycles. The van der Waals surface area contributed by atoms with Gasteiger partial charge < -0.3 is 10.8 Å². The molecule has 0 saturated heterocycles. The minimum Gasteiger partial charge on any atom is -0.480 e. The molecule has 0 aromatic heterocycles. The van der Waals surface area contributed by atoms with Gasteiger partial charge in [-0.05, 0) is 23.1 Å². The van der Waals surface area contributed by atoms with Gasteiger partial charge in [-0.3, -0.25) is 14.4 Å². The summed E-state index contributed by atoms with van der Waals surface area (Å²) in [7, 11) is 0.519. The van der Waals surface area contributed by atoms with Gasteiger partial charge in [0, 0.05) is 7.05 Å². The van der Waals surface area contributed by atoms with Crippen molar-refractivity contribution in [3.63, 3.8) is 0 Å². The van der Waals surface area contributed by atoms with Crippen molar-refractivity contribution in [1.29, 1.82) is 0 Å². The van der Waals surface area contributed by atoms with Crippen LogP contribution in [0, 0.1) is 0 Å². The minimum absolute atomic E-state index is 0.218. The van der Waals surface area contributed by atoms with Crippen LogP contribution in [-0.2, 0) is 27.8 Å². The Kier molecular flexibility index (Phi) is 6.00. The monoisotopic (exact) mass is 386 g/mol. The molecule has 2 unspecified atom stereocenters. The van der Waals surface area contributed by atoms with E-state index in [1.54, 1.807) is 0 Å². The summed E-state index contributed by atoms with van der Waals surface area (Å²) in [6.07, 6.45) is 0.0124. The second-order valence-corrected chi connectivity index (χ2v) is 7.77. The molecule has 0 bridgehead atoms. The predicted molar refractivity (Wildman–Crippen MR) is 105 cm³/mol. The summed E-state index contributed by atoms with van der Waals surface area (Å²) in [4.78, 5) is 15.5. The van der Waals surface area contributed by atoms with Crippen LogP contribution in [0.1, 0.15) is 22.9 Å². The number of nitrogens with one attached hydrogen (secondary N) is 1. The van der Waals surface area contributed by atoms with Crippen molar-refractivity contribution < 1.29 is 14.1 Å². The lowest BCUT2D eigenvalue weighted by Crippen LogP contribution is -2.35. The number of carboxylic acid groups (broad SMARTS) is 1. The zero-order valence-electron chi connectivity index (χ0n) is 14.9. The molecule has 1 heterocycles. The highest BCUT2D eigenvalue weighted by molar-refractivity contribution is 7.99. The average Bonchev–Trinajstić information content (AvgIpc) is 3.04. The van der Waals surface area contributed by atoms with Crippen molar-refractivity contribution in [2.75, 3.05) is 7.05 Å². The number of aliphatic carboxylic acids is 1. The Balaban J connectivity index is 1.70. The van der Waals surface area contributed by atoms with E-state index in [-0.39, 0.29) is 18.3 Å². The molecule has 142 valence electrons. The van der Waals surface area contributed by atoms with E-state index >= 15 is 0 Å². The van der Waals surface area contributed by atoms with Crippen molar-refractivity contribution >= 4 is 21.9 Å². The quantitative estimate of drug-likeness (QED) is 0.692. The van der Waals surface area contributed by atoms with Gasteiger partial charge in [-0.1, -0.05) is 54.6 Å². The highest BCUT2D eigenvalue weighted by Crippen LogP contribution is 2.24. The van der Waals surface area contributed by atoms with Gasteiger partial charge in [-0.25, -0.2) is 4.99 Å². The first-order chi connectivity index (χ1) is 12.9. The lowest BCUT2D eigenvalue weighted by atomic mass is 10.0. The number of carbonyl (C=O) groups is 1. The molecule has 4 N–H and O–H groups in total. The van der Waals surface area contributed by atoms with Gasteiger partial charge in [-0.2, -0.15) is 5.01 Å². The summed E-state index contributed by atoms with van der Waals surface area (Å²) < 4.78 is 12.8. The van der Waals surface area contributed by atoms with Crippen LogP contribution in [0.15, 0.2) is 59.6 Å². The van der Waals surface area contributed by atoms with Gasteiger partial charge in [0.15, 0.2) is 0 Å². The predicted octanol–water partition coefficient (Wildman–Crippen LogP) is 1.39. The van der Waals surface area contributed by atoms with E-state index in [1.807, 2.05) is 66.7 Å². The van der Waals surface area contributed by atoms with Gasteiger partial charge in [-0.15, -0.1) is 0 Å². The van der Waals surface area contributed by atoms with E-state index in [1.165, 1.54) is 0 Å². The SMILES string of the molecule is CN1NC(S(=O)Cc2cccc(C[C@H](N)C(=O)O)c2)=NC1c1ccccc1. The van der Waals surface area contributed by atoms with Crippen molar-refractivity contribution in [3.8, 4) is 0 Å². The number of nitrogens with zero attached hydrogens (tertiary/aromatic N) is 2. The molecule has 1 aliphatic heterocycles. The minimum atomic E-state index is -1.34. The molecule has 0 fully saturated rings. The normalized spacial score (nSPS) is 19.2. The molecular formula is C19H22N4O3S. The van der Waals surface area contributed by atoms with Crippen LogP contribution >= 0.6 is 0 Å². The topological polar surface area (TPSA) is 108 Å². The first-order valence-corrected chi connectivity index (χ1v) is 9.83. The molecule has 7 nitrogen and oxygen atoms in total. The molecule has 8 heteroatoms. The zero-order valence-corrected chi connectivity index (χ0v) is 15.7. The second kappa shape index (κ2) is 8.43. The number of rotatable bonds is 6. The zero-order chi connectivity index (χ0) is 19.4. The number of hydrogen-bond acceptors (Lipinski definition) is 6. The van der Waals surface area contributed by atoms with Crippen molar-refractivity contribution in [3.05, 3.63) is 71.3 Å². The number of benzene rings is 2. The summed E-state index contributed by atoms with van der Waals surface area (Å²) in [6.45, 7) is 0. The molecule has 0 spiro atoms. The molecule has 2 aromatic rings. The Morgan fingerprint density at radius 3 is 2.67 bits per heavy atom. The van der Waals surface area contributed by atoms with Crippen LogP contribution in [0.25, 0.3) is 0 Å². The van der Waals surface area contributed by atoms with E-state index in [0.717, 1.165) is 16.7 Å². The van der Waals surface area contributed by atoms with Crippen LogP contribution < -0.4 is 11.2 Å². The standard InChI is InChI=1S/C19H22N4O3S/c1-23-17(15-8-3-2-4-9-15)21-19(22-23)27(26)12-14-7-5-6-13(10-14)11-16(20)18(24)25/h2-10,16-17H,11-12,20H2,1H3,(H,21,22)(H,24,25)/t16-,17?,27?/m0/s1. The van der Waals surface area contributed by atoms with E-state index in [4.69, 9.17) is 10.8 Å². The number of hydrazine groups is 1. The lowest BCUT2D eigenvalue weighted by molar-refractivity contribution is -0.138. The molecule has 0 aliphatic carbocycles.